The maximum Gasteiger partial charge on any atom is 0.201 e. The minimum absolute atomic E-state index is 0.0506. The highest BCUT2D eigenvalue weighted by atomic mass is 79.9. The smallest absolute Gasteiger partial charge is 0.201 e. The molecule has 2 rings (SSSR count). The molecule has 5 heteroatoms. The number of nitrogens with one attached hydrogen (secondary N) is 1. The molecule has 1 aromatic carbocycles. The zero-order chi connectivity index (χ0) is 10.3. The number of benzene rings is 1. The number of rotatable bonds is 1. The van der Waals surface area contributed by atoms with E-state index in [1.54, 1.807) is 0 Å². The Morgan fingerprint density at radius 1 is 1.36 bits per heavy atom. The summed E-state index contributed by atoms with van der Waals surface area (Å²) in [6.45, 7) is 1.37. The first kappa shape index (κ1) is 9.86. The second-order valence-electron chi connectivity index (χ2n) is 3.28. The standard InChI is InChI=1S/C9H8BrF2NO/c10-6-1-5(4-2-13-3-4)9(14)8(12)7(6)11/h1,4,13-14H,2-3H2. The summed E-state index contributed by atoms with van der Waals surface area (Å²) in [6.07, 6.45) is 0. The quantitative estimate of drug-likeness (QED) is 0.761. The minimum Gasteiger partial charge on any atom is -0.505 e. The van der Waals surface area contributed by atoms with Gasteiger partial charge in [-0.05, 0) is 22.0 Å². The zero-order valence-electron chi connectivity index (χ0n) is 7.15. The van der Waals surface area contributed by atoms with Crippen LogP contribution in [0, 0.1) is 11.6 Å². The van der Waals surface area contributed by atoms with Gasteiger partial charge >= 0.3 is 0 Å². The van der Waals surface area contributed by atoms with Crippen molar-refractivity contribution in [1.82, 2.24) is 5.32 Å². The minimum atomic E-state index is -1.18. The van der Waals surface area contributed by atoms with Crippen LogP contribution in [0.4, 0.5) is 8.78 Å². The third-order valence-corrected chi connectivity index (χ3v) is 2.96. The zero-order valence-corrected chi connectivity index (χ0v) is 8.74. The summed E-state index contributed by atoms with van der Waals surface area (Å²) in [7, 11) is 0. The molecular formula is C9H8BrF2NO. The van der Waals surface area contributed by atoms with Gasteiger partial charge in [-0.15, -0.1) is 0 Å². The summed E-state index contributed by atoms with van der Waals surface area (Å²) >= 11 is 2.91. The molecule has 14 heavy (non-hydrogen) atoms. The van der Waals surface area contributed by atoms with Crippen molar-refractivity contribution in [3.63, 3.8) is 0 Å². The highest BCUT2D eigenvalue weighted by Crippen LogP contribution is 2.35. The molecule has 0 unspecified atom stereocenters. The Kier molecular flexibility index (Phi) is 2.45. The molecule has 1 aromatic rings. The number of aromatic hydroxyl groups is 1. The van der Waals surface area contributed by atoms with E-state index in [4.69, 9.17) is 0 Å². The van der Waals surface area contributed by atoms with Crippen LogP contribution in [0.25, 0.3) is 0 Å². The number of hydrogen-bond acceptors (Lipinski definition) is 2. The van der Waals surface area contributed by atoms with E-state index in [1.807, 2.05) is 0 Å². The second-order valence-corrected chi connectivity index (χ2v) is 4.13. The van der Waals surface area contributed by atoms with Crippen LogP contribution in [0.1, 0.15) is 11.5 Å². The van der Waals surface area contributed by atoms with Gasteiger partial charge in [0.15, 0.2) is 11.6 Å². The summed E-state index contributed by atoms with van der Waals surface area (Å²) < 4.78 is 26.1. The average molecular weight is 264 g/mol. The van der Waals surface area contributed by atoms with Crippen molar-refractivity contribution in [2.75, 3.05) is 13.1 Å². The molecule has 0 radical (unpaired) electrons. The normalized spacial score (nSPS) is 16.8. The van der Waals surface area contributed by atoms with Gasteiger partial charge in [-0.3, -0.25) is 0 Å². The van der Waals surface area contributed by atoms with Crippen molar-refractivity contribution < 1.29 is 13.9 Å². The lowest BCUT2D eigenvalue weighted by molar-refractivity contribution is 0.376. The Labute approximate surface area is 88.1 Å². The molecule has 0 aliphatic carbocycles. The predicted octanol–water partition coefficient (Wildman–Crippen LogP) is 2.12. The fraction of sp³-hybridized carbons (Fsp3) is 0.333. The summed E-state index contributed by atoms with van der Waals surface area (Å²) in [5.41, 5.74) is 0.453. The highest BCUT2D eigenvalue weighted by molar-refractivity contribution is 9.10. The summed E-state index contributed by atoms with van der Waals surface area (Å²) in [4.78, 5) is 0. The highest BCUT2D eigenvalue weighted by Gasteiger charge is 2.26. The van der Waals surface area contributed by atoms with Crippen LogP contribution in [0.3, 0.4) is 0 Å². The van der Waals surface area contributed by atoms with Gasteiger partial charge in [-0.1, -0.05) is 0 Å². The van der Waals surface area contributed by atoms with Gasteiger partial charge in [-0.2, -0.15) is 4.39 Å². The molecular weight excluding hydrogens is 256 g/mol. The molecule has 1 heterocycles. The monoisotopic (exact) mass is 263 g/mol. The fourth-order valence-corrected chi connectivity index (χ4v) is 1.84. The topological polar surface area (TPSA) is 32.3 Å². The molecule has 1 aliphatic rings. The van der Waals surface area contributed by atoms with E-state index in [2.05, 4.69) is 21.2 Å². The van der Waals surface area contributed by atoms with Crippen LogP contribution in [-0.4, -0.2) is 18.2 Å². The summed E-state index contributed by atoms with van der Waals surface area (Å²) in [6, 6.07) is 1.43. The first-order chi connectivity index (χ1) is 6.61. The van der Waals surface area contributed by atoms with E-state index in [9.17, 15) is 13.9 Å². The van der Waals surface area contributed by atoms with E-state index in [-0.39, 0.29) is 10.4 Å². The predicted molar refractivity (Wildman–Crippen MR) is 51.3 cm³/mol. The average Bonchev–Trinajstić information content (AvgIpc) is 2.08. The van der Waals surface area contributed by atoms with Crippen LogP contribution in [0.2, 0.25) is 0 Å². The maximum absolute atomic E-state index is 13.1. The van der Waals surface area contributed by atoms with Crippen molar-refractivity contribution in [2.24, 2.45) is 0 Å². The molecule has 0 spiro atoms. The molecule has 1 saturated heterocycles. The largest absolute Gasteiger partial charge is 0.505 e. The molecule has 2 N–H and O–H groups in total. The SMILES string of the molecule is Oc1c(C2CNC2)cc(Br)c(F)c1F. The first-order valence-electron chi connectivity index (χ1n) is 4.18. The van der Waals surface area contributed by atoms with E-state index < -0.39 is 17.4 Å². The van der Waals surface area contributed by atoms with Crippen LogP contribution in [-0.2, 0) is 0 Å². The Bertz CT molecular complexity index is 380. The third kappa shape index (κ3) is 1.40. The maximum atomic E-state index is 13.1. The Morgan fingerprint density at radius 2 is 2.00 bits per heavy atom. The molecule has 1 aliphatic heterocycles. The Hall–Kier alpha value is -0.680. The van der Waals surface area contributed by atoms with Crippen molar-refractivity contribution in [3.05, 3.63) is 27.7 Å². The van der Waals surface area contributed by atoms with Crippen LogP contribution in [0.5, 0.6) is 5.75 Å². The lowest BCUT2D eigenvalue weighted by atomic mass is 9.93. The second kappa shape index (κ2) is 3.47. The van der Waals surface area contributed by atoms with Gasteiger partial charge in [0.25, 0.3) is 0 Å². The van der Waals surface area contributed by atoms with Gasteiger partial charge in [0.1, 0.15) is 0 Å². The van der Waals surface area contributed by atoms with E-state index in [0.29, 0.717) is 18.7 Å². The van der Waals surface area contributed by atoms with Crippen molar-refractivity contribution >= 4 is 15.9 Å². The number of phenolic OH excluding ortho intramolecular Hbond substituents is 1. The van der Waals surface area contributed by atoms with Gasteiger partial charge in [0.05, 0.1) is 4.47 Å². The third-order valence-electron chi connectivity index (χ3n) is 2.39. The van der Waals surface area contributed by atoms with E-state index in [1.165, 1.54) is 6.07 Å². The molecule has 1 fully saturated rings. The van der Waals surface area contributed by atoms with Crippen molar-refractivity contribution in [2.45, 2.75) is 5.92 Å². The van der Waals surface area contributed by atoms with Gasteiger partial charge in [0, 0.05) is 24.6 Å². The van der Waals surface area contributed by atoms with Gasteiger partial charge in [-0.25, -0.2) is 4.39 Å². The molecule has 2 nitrogen and oxygen atoms in total. The van der Waals surface area contributed by atoms with Crippen molar-refractivity contribution in [3.8, 4) is 5.75 Å². The fourth-order valence-electron chi connectivity index (χ4n) is 1.42. The molecule has 0 saturated carbocycles. The summed E-state index contributed by atoms with van der Waals surface area (Å²) in [5, 5.41) is 12.4. The lowest BCUT2D eigenvalue weighted by Crippen LogP contribution is -2.40. The molecule has 0 bridgehead atoms. The number of phenols is 1. The summed E-state index contributed by atoms with van der Waals surface area (Å²) in [5.74, 6) is -2.72. The molecule has 0 atom stereocenters. The van der Waals surface area contributed by atoms with E-state index >= 15 is 0 Å². The Balaban J connectivity index is 2.49. The molecule has 0 aromatic heterocycles. The van der Waals surface area contributed by atoms with E-state index in [0.717, 1.165) is 0 Å². The van der Waals surface area contributed by atoms with Gasteiger partial charge in [0.2, 0.25) is 5.82 Å². The van der Waals surface area contributed by atoms with Crippen LogP contribution >= 0.6 is 15.9 Å². The lowest BCUT2D eigenvalue weighted by Gasteiger charge is -2.28. The molecule has 76 valence electrons. The Morgan fingerprint density at radius 3 is 2.50 bits per heavy atom. The number of halogens is 3. The molecule has 0 amide bonds. The van der Waals surface area contributed by atoms with Crippen molar-refractivity contribution in [1.29, 1.82) is 0 Å². The van der Waals surface area contributed by atoms with Gasteiger partial charge < -0.3 is 10.4 Å². The van der Waals surface area contributed by atoms with Crippen LogP contribution in [0.15, 0.2) is 10.5 Å². The van der Waals surface area contributed by atoms with Crippen LogP contribution < -0.4 is 5.32 Å². The number of hydrogen-bond donors (Lipinski definition) is 2. The first-order valence-corrected chi connectivity index (χ1v) is 4.97.